The summed E-state index contributed by atoms with van der Waals surface area (Å²) in [5, 5.41) is 2.43. The van der Waals surface area contributed by atoms with Crippen molar-refractivity contribution in [3.05, 3.63) is 59.9 Å². The number of hydrogen-bond donors (Lipinski definition) is 2. The first-order chi connectivity index (χ1) is 12.1. The van der Waals surface area contributed by atoms with E-state index in [-0.39, 0.29) is 23.7 Å². The molecule has 0 aliphatic heterocycles. The van der Waals surface area contributed by atoms with Gasteiger partial charge in [0.2, 0.25) is 0 Å². The number of aromatic nitrogens is 1. The molecular weight excluding hydrogens is 344 g/mol. The fraction of sp³-hybridized carbons (Fsp3) is 0.118. The number of rotatable bonds is 5. The fourth-order valence-corrected chi connectivity index (χ4v) is 2.12. The van der Waals surface area contributed by atoms with Crippen LogP contribution in [0.1, 0.15) is 16.1 Å². The van der Waals surface area contributed by atoms with Gasteiger partial charge in [-0.1, -0.05) is 36.3 Å². The Bertz CT molecular complexity index is 843. The Kier molecular flexibility index (Phi) is 6.83. The average molecular weight is 358 g/mol. The molecule has 0 aliphatic carbocycles. The van der Waals surface area contributed by atoms with Crippen LogP contribution >= 0.6 is 0 Å². The van der Waals surface area contributed by atoms with Crippen LogP contribution in [0.5, 0.6) is 0 Å². The molecule has 0 saturated carbocycles. The van der Waals surface area contributed by atoms with Gasteiger partial charge in [0.15, 0.2) is 11.1 Å². The van der Waals surface area contributed by atoms with Crippen LogP contribution in [0.3, 0.4) is 0 Å². The van der Waals surface area contributed by atoms with Gasteiger partial charge in [0, 0.05) is 12.1 Å². The van der Waals surface area contributed by atoms with Gasteiger partial charge in [-0.05, 0) is 17.7 Å². The molecule has 1 atom stereocenters. The second kappa shape index (κ2) is 9.32. The highest BCUT2D eigenvalue weighted by Gasteiger charge is 2.09. The van der Waals surface area contributed by atoms with Crippen molar-refractivity contribution in [3.63, 3.8) is 0 Å². The van der Waals surface area contributed by atoms with E-state index >= 15 is 0 Å². The van der Waals surface area contributed by atoms with Gasteiger partial charge >= 0.3 is 5.97 Å². The smallest absolute Gasteiger partial charge is 0.384 e. The third kappa shape index (κ3) is 6.18. The molecule has 2 N–H and O–H groups in total. The summed E-state index contributed by atoms with van der Waals surface area (Å²) in [6.07, 6.45) is 1.25. The van der Waals surface area contributed by atoms with Crippen molar-refractivity contribution < 1.29 is 23.1 Å². The molecule has 25 heavy (non-hydrogen) atoms. The van der Waals surface area contributed by atoms with E-state index in [9.17, 15) is 13.8 Å². The lowest BCUT2D eigenvalue weighted by molar-refractivity contribution is -0.137. The maximum Gasteiger partial charge on any atom is 0.384 e. The summed E-state index contributed by atoms with van der Waals surface area (Å²) in [5.74, 6) is 3.45. The van der Waals surface area contributed by atoms with Gasteiger partial charge in [0.05, 0.1) is 11.4 Å². The molecule has 0 radical (unpaired) electrons. The highest BCUT2D eigenvalue weighted by molar-refractivity contribution is 7.79. The zero-order chi connectivity index (χ0) is 18.1. The molecule has 1 amide bonds. The molecule has 0 fully saturated rings. The number of esters is 1. The first-order valence-corrected chi connectivity index (χ1v) is 8.21. The fourth-order valence-electron chi connectivity index (χ4n) is 1.73. The standard InChI is InChI=1S/C17H14N2O5S/c20-16(24-12-13-5-2-1-3-6-13)7-4-9-19-17(21)15-11-14(25(22)23)8-10-18-15/h1-3,5-6,8,10-11H,9,12H2,(H,19,21)(H,22,23). The van der Waals surface area contributed by atoms with Crippen LogP contribution in [0.2, 0.25) is 0 Å². The number of benzene rings is 1. The predicted octanol–water partition coefficient (Wildman–Crippen LogP) is 1.14. The molecule has 2 aromatic rings. The van der Waals surface area contributed by atoms with Gasteiger partial charge in [-0.2, -0.15) is 0 Å². The van der Waals surface area contributed by atoms with Crippen LogP contribution in [-0.4, -0.2) is 32.2 Å². The predicted molar refractivity (Wildman–Crippen MR) is 89.6 cm³/mol. The molecule has 1 unspecified atom stereocenters. The summed E-state index contributed by atoms with van der Waals surface area (Å²) in [7, 11) is 0. The third-order valence-corrected chi connectivity index (χ3v) is 3.56. The van der Waals surface area contributed by atoms with E-state index in [0.717, 1.165) is 5.56 Å². The Hall–Kier alpha value is -3.02. The normalized spacial score (nSPS) is 10.9. The van der Waals surface area contributed by atoms with Gasteiger partial charge in [0.25, 0.3) is 5.91 Å². The highest BCUT2D eigenvalue weighted by atomic mass is 32.2. The van der Waals surface area contributed by atoms with Crippen LogP contribution in [0, 0.1) is 11.8 Å². The Balaban J connectivity index is 1.79. The Morgan fingerprint density at radius 1 is 1.24 bits per heavy atom. The molecular formula is C17H14N2O5S. The second-order valence-corrected chi connectivity index (χ2v) is 5.64. The topological polar surface area (TPSA) is 106 Å². The van der Waals surface area contributed by atoms with Crippen LogP contribution in [-0.2, 0) is 27.2 Å². The minimum absolute atomic E-state index is 0.0200. The molecule has 1 aromatic heterocycles. The number of ether oxygens (including phenoxy) is 1. The quantitative estimate of drug-likeness (QED) is 0.359. The molecule has 2 rings (SSSR count). The van der Waals surface area contributed by atoms with Crippen molar-refractivity contribution in [1.82, 2.24) is 10.3 Å². The minimum Gasteiger partial charge on any atom is -0.451 e. The zero-order valence-corrected chi connectivity index (χ0v) is 13.8. The number of pyridine rings is 1. The molecule has 7 nitrogen and oxygen atoms in total. The second-order valence-electron chi connectivity index (χ2n) is 4.67. The first-order valence-electron chi connectivity index (χ1n) is 7.11. The number of carbonyl (C=O) groups is 2. The van der Waals surface area contributed by atoms with E-state index in [1.807, 2.05) is 30.3 Å². The van der Waals surface area contributed by atoms with Gasteiger partial charge in [-0.25, -0.2) is 9.00 Å². The van der Waals surface area contributed by atoms with E-state index in [0.29, 0.717) is 0 Å². The van der Waals surface area contributed by atoms with Gasteiger partial charge in [0.1, 0.15) is 12.3 Å². The van der Waals surface area contributed by atoms with E-state index in [1.165, 1.54) is 18.3 Å². The lowest BCUT2D eigenvalue weighted by Gasteiger charge is -2.02. The molecule has 8 heteroatoms. The van der Waals surface area contributed by atoms with Crippen LogP contribution < -0.4 is 5.32 Å². The maximum absolute atomic E-state index is 11.8. The number of nitrogens with one attached hydrogen (secondary N) is 1. The highest BCUT2D eigenvalue weighted by Crippen LogP contribution is 2.05. The molecule has 1 heterocycles. The molecule has 0 aliphatic rings. The largest absolute Gasteiger partial charge is 0.451 e. The zero-order valence-electron chi connectivity index (χ0n) is 13.0. The Morgan fingerprint density at radius 2 is 2.00 bits per heavy atom. The van der Waals surface area contributed by atoms with Gasteiger partial charge in [-0.15, -0.1) is 0 Å². The minimum atomic E-state index is -2.20. The van der Waals surface area contributed by atoms with Crippen molar-refractivity contribution in [1.29, 1.82) is 0 Å². The van der Waals surface area contributed by atoms with Crippen molar-refractivity contribution >= 4 is 23.0 Å². The monoisotopic (exact) mass is 358 g/mol. The summed E-state index contributed by atoms with van der Waals surface area (Å²) in [4.78, 5) is 27.2. The van der Waals surface area contributed by atoms with Crippen molar-refractivity contribution in [2.75, 3.05) is 6.54 Å². The number of amides is 1. The molecule has 128 valence electrons. The lowest BCUT2D eigenvalue weighted by Crippen LogP contribution is -2.24. The summed E-state index contributed by atoms with van der Waals surface area (Å²) in [5.41, 5.74) is 0.825. The number of hydrogen-bond acceptors (Lipinski definition) is 5. The SMILES string of the molecule is O=C(C#CCNC(=O)c1cc(S(=O)O)ccn1)OCc1ccccc1. The van der Waals surface area contributed by atoms with Gasteiger partial charge < -0.3 is 14.6 Å². The van der Waals surface area contributed by atoms with Crippen molar-refractivity contribution in [2.45, 2.75) is 11.5 Å². The van der Waals surface area contributed by atoms with Crippen molar-refractivity contribution in [3.8, 4) is 11.8 Å². The number of carbonyl (C=O) groups excluding carboxylic acids is 2. The van der Waals surface area contributed by atoms with Gasteiger partial charge in [-0.3, -0.25) is 9.78 Å². The molecule has 0 spiro atoms. The molecule has 0 saturated heterocycles. The average Bonchev–Trinajstić information content (AvgIpc) is 2.64. The van der Waals surface area contributed by atoms with Crippen molar-refractivity contribution in [2.24, 2.45) is 0 Å². The van der Waals surface area contributed by atoms with Crippen LogP contribution in [0.4, 0.5) is 0 Å². The molecule has 0 bridgehead atoms. The summed E-state index contributed by atoms with van der Waals surface area (Å²) in [6, 6.07) is 11.7. The van der Waals surface area contributed by atoms with E-state index in [1.54, 1.807) is 0 Å². The molecule has 1 aromatic carbocycles. The lowest BCUT2D eigenvalue weighted by atomic mass is 10.2. The summed E-state index contributed by atoms with van der Waals surface area (Å²) >= 11 is -2.20. The Morgan fingerprint density at radius 3 is 2.72 bits per heavy atom. The van der Waals surface area contributed by atoms with E-state index < -0.39 is 23.0 Å². The van der Waals surface area contributed by atoms with Crippen LogP contribution in [0.15, 0.2) is 53.6 Å². The first kappa shape index (κ1) is 18.3. The van der Waals surface area contributed by atoms with E-state index in [4.69, 9.17) is 9.29 Å². The summed E-state index contributed by atoms with van der Waals surface area (Å²) in [6.45, 7) is 0.0309. The van der Waals surface area contributed by atoms with E-state index in [2.05, 4.69) is 22.1 Å². The van der Waals surface area contributed by atoms with Crippen LogP contribution in [0.25, 0.3) is 0 Å². The maximum atomic E-state index is 11.8. The Labute approximate surface area is 146 Å². The summed E-state index contributed by atoms with van der Waals surface area (Å²) < 4.78 is 24.9. The third-order valence-electron chi connectivity index (χ3n) is 2.91. The number of nitrogens with zero attached hydrogens (tertiary/aromatic N) is 1.